The summed E-state index contributed by atoms with van der Waals surface area (Å²) in [5, 5.41) is 0. The van der Waals surface area contributed by atoms with Gasteiger partial charge < -0.3 is 5.73 Å². The van der Waals surface area contributed by atoms with Crippen LogP contribution in [0.3, 0.4) is 0 Å². The fraction of sp³-hybridized carbons (Fsp3) is 0.600. The summed E-state index contributed by atoms with van der Waals surface area (Å²) in [7, 11) is -3.50. The van der Waals surface area contributed by atoms with Gasteiger partial charge in [-0.05, 0) is 44.7 Å². The Bertz CT molecular complexity index is 573. The van der Waals surface area contributed by atoms with Crippen LogP contribution in [0.4, 0.5) is 0 Å². The lowest BCUT2D eigenvalue weighted by atomic mass is 9.92. The van der Waals surface area contributed by atoms with Crippen LogP contribution in [-0.2, 0) is 10.0 Å². The summed E-state index contributed by atoms with van der Waals surface area (Å²) >= 11 is 0. The molecule has 1 aromatic carbocycles. The molecule has 0 aromatic heterocycles. The van der Waals surface area contributed by atoms with Crippen molar-refractivity contribution in [1.82, 2.24) is 4.72 Å². The van der Waals surface area contributed by atoms with Crippen molar-refractivity contribution in [2.24, 2.45) is 5.73 Å². The van der Waals surface area contributed by atoms with Gasteiger partial charge in [0.1, 0.15) is 0 Å². The number of benzene rings is 1. The SMILES string of the molecule is Cc1cc(C)c(S(=O)(=O)N[C@H]2CCCC[C@@H]2N)c(C)c1. The first-order valence-electron chi connectivity index (χ1n) is 7.17. The molecule has 5 heteroatoms. The van der Waals surface area contributed by atoms with E-state index < -0.39 is 10.0 Å². The minimum Gasteiger partial charge on any atom is -0.326 e. The van der Waals surface area contributed by atoms with Crippen LogP contribution in [0.25, 0.3) is 0 Å². The van der Waals surface area contributed by atoms with Gasteiger partial charge in [0.25, 0.3) is 0 Å². The molecular weight excluding hydrogens is 272 g/mol. The van der Waals surface area contributed by atoms with Gasteiger partial charge in [0.2, 0.25) is 10.0 Å². The first-order chi connectivity index (χ1) is 9.31. The highest BCUT2D eigenvalue weighted by atomic mass is 32.2. The first-order valence-corrected chi connectivity index (χ1v) is 8.65. The number of aryl methyl sites for hydroxylation is 3. The fourth-order valence-corrected chi connectivity index (χ4v) is 4.93. The van der Waals surface area contributed by atoms with E-state index in [-0.39, 0.29) is 12.1 Å². The lowest BCUT2D eigenvalue weighted by Crippen LogP contribution is -2.49. The Morgan fingerprint density at radius 2 is 1.65 bits per heavy atom. The molecule has 1 aliphatic rings. The highest BCUT2D eigenvalue weighted by Crippen LogP contribution is 2.24. The van der Waals surface area contributed by atoms with Crippen LogP contribution in [0.1, 0.15) is 42.4 Å². The van der Waals surface area contributed by atoms with Crippen LogP contribution in [0.15, 0.2) is 17.0 Å². The molecule has 0 bridgehead atoms. The molecule has 0 heterocycles. The lowest BCUT2D eigenvalue weighted by molar-refractivity contribution is 0.361. The van der Waals surface area contributed by atoms with E-state index in [1.54, 1.807) is 0 Å². The zero-order valence-electron chi connectivity index (χ0n) is 12.4. The van der Waals surface area contributed by atoms with Gasteiger partial charge in [-0.15, -0.1) is 0 Å². The molecule has 0 aliphatic heterocycles. The summed E-state index contributed by atoms with van der Waals surface area (Å²) < 4.78 is 28.1. The fourth-order valence-electron chi connectivity index (χ4n) is 3.15. The van der Waals surface area contributed by atoms with Crippen molar-refractivity contribution in [3.05, 3.63) is 28.8 Å². The molecule has 1 saturated carbocycles. The molecule has 20 heavy (non-hydrogen) atoms. The quantitative estimate of drug-likeness (QED) is 0.898. The Morgan fingerprint density at radius 1 is 1.10 bits per heavy atom. The van der Waals surface area contributed by atoms with E-state index in [4.69, 9.17) is 5.73 Å². The molecule has 1 aromatic rings. The number of rotatable bonds is 3. The lowest BCUT2D eigenvalue weighted by Gasteiger charge is -2.29. The second-order valence-electron chi connectivity index (χ2n) is 5.90. The maximum Gasteiger partial charge on any atom is 0.241 e. The summed E-state index contributed by atoms with van der Waals surface area (Å²) in [6.07, 6.45) is 3.83. The maximum absolute atomic E-state index is 12.6. The molecule has 2 rings (SSSR count). The van der Waals surface area contributed by atoms with Gasteiger partial charge in [0.05, 0.1) is 4.90 Å². The highest BCUT2D eigenvalue weighted by molar-refractivity contribution is 7.89. The van der Waals surface area contributed by atoms with Gasteiger partial charge in [-0.25, -0.2) is 13.1 Å². The summed E-state index contributed by atoms with van der Waals surface area (Å²) in [5.41, 5.74) is 8.70. The van der Waals surface area contributed by atoms with Crippen LogP contribution in [0.2, 0.25) is 0 Å². The minimum absolute atomic E-state index is 0.0791. The molecule has 1 fully saturated rings. The maximum atomic E-state index is 12.6. The number of hydrogen-bond donors (Lipinski definition) is 2. The normalized spacial score (nSPS) is 23.8. The minimum atomic E-state index is -3.50. The number of hydrogen-bond acceptors (Lipinski definition) is 3. The molecule has 2 atom stereocenters. The van der Waals surface area contributed by atoms with Crippen molar-refractivity contribution in [2.75, 3.05) is 0 Å². The van der Waals surface area contributed by atoms with E-state index in [1.807, 2.05) is 32.9 Å². The second-order valence-corrected chi connectivity index (χ2v) is 7.55. The summed E-state index contributed by atoms with van der Waals surface area (Å²) in [4.78, 5) is 0.404. The molecule has 0 unspecified atom stereocenters. The van der Waals surface area contributed by atoms with Gasteiger partial charge in [-0.2, -0.15) is 0 Å². The molecule has 1 aliphatic carbocycles. The van der Waals surface area contributed by atoms with Crippen LogP contribution in [-0.4, -0.2) is 20.5 Å². The zero-order valence-corrected chi connectivity index (χ0v) is 13.3. The van der Waals surface area contributed by atoms with E-state index in [9.17, 15) is 8.42 Å². The Balaban J connectivity index is 2.31. The van der Waals surface area contributed by atoms with E-state index in [0.29, 0.717) is 4.90 Å². The third-order valence-corrected chi connectivity index (χ3v) is 5.79. The van der Waals surface area contributed by atoms with E-state index in [1.165, 1.54) is 0 Å². The smallest absolute Gasteiger partial charge is 0.241 e. The van der Waals surface area contributed by atoms with Crippen molar-refractivity contribution >= 4 is 10.0 Å². The van der Waals surface area contributed by atoms with Gasteiger partial charge in [-0.3, -0.25) is 0 Å². The van der Waals surface area contributed by atoms with Crippen LogP contribution < -0.4 is 10.5 Å². The van der Waals surface area contributed by atoms with E-state index >= 15 is 0 Å². The Hall–Kier alpha value is -0.910. The van der Waals surface area contributed by atoms with Crippen LogP contribution in [0.5, 0.6) is 0 Å². The molecule has 3 N–H and O–H groups in total. The van der Waals surface area contributed by atoms with Crippen molar-refractivity contribution in [3.63, 3.8) is 0 Å². The molecule has 0 spiro atoms. The third kappa shape index (κ3) is 3.22. The Kier molecular flexibility index (Phi) is 4.52. The molecule has 4 nitrogen and oxygen atoms in total. The van der Waals surface area contributed by atoms with E-state index in [0.717, 1.165) is 42.4 Å². The van der Waals surface area contributed by atoms with Gasteiger partial charge >= 0.3 is 0 Å². The number of nitrogens with one attached hydrogen (secondary N) is 1. The molecule has 0 saturated heterocycles. The van der Waals surface area contributed by atoms with Crippen molar-refractivity contribution in [1.29, 1.82) is 0 Å². The molecule has 112 valence electrons. The summed E-state index contributed by atoms with van der Waals surface area (Å²) in [6.45, 7) is 5.66. The van der Waals surface area contributed by atoms with Crippen molar-refractivity contribution in [2.45, 2.75) is 63.4 Å². The molecule has 0 amide bonds. The van der Waals surface area contributed by atoms with Crippen molar-refractivity contribution in [3.8, 4) is 0 Å². The second kappa shape index (κ2) is 5.84. The molecule has 0 radical (unpaired) electrons. The highest BCUT2D eigenvalue weighted by Gasteiger charge is 2.28. The largest absolute Gasteiger partial charge is 0.326 e. The summed E-state index contributed by atoms with van der Waals surface area (Å²) in [5.74, 6) is 0. The standard InChI is InChI=1S/C15H24N2O2S/c1-10-8-11(2)15(12(3)9-10)20(18,19)17-14-7-5-4-6-13(14)16/h8-9,13-14,17H,4-7,16H2,1-3H3/t13-,14-/m0/s1. The van der Waals surface area contributed by atoms with E-state index in [2.05, 4.69) is 4.72 Å². The average molecular weight is 296 g/mol. The predicted octanol–water partition coefficient (Wildman–Crippen LogP) is 2.16. The van der Waals surface area contributed by atoms with Gasteiger partial charge in [0, 0.05) is 12.1 Å². The van der Waals surface area contributed by atoms with Crippen molar-refractivity contribution < 1.29 is 8.42 Å². The Morgan fingerprint density at radius 3 is 2.20 bits per heavy atom. The zero-order chi connectivity index (χ0) is 14.9. The Labute approximate surface area is 121 Å². The van der Waals surface area contributed by atoms with Gasteiger partial charge in [-0.1, -0.05) is 30.5 Å². The van der Waals surface area contributed by atoms with Crippen LogP contribution >= 0.6 is 0 Å². The van der Waals surface area contributed by atoms with Crippen LogP contribution in [0, 0.1) is 20.8 Å². The average Bonchev–Trinajstić information content (AvgIpc) is 2.30. The summed E-state index contributed by atoms with van der Waals surface area (Å²) in [6, 6.07) is 3.59. The topological polar surface area (TPSA) is 72.2 Å². The molecular formula is C15H24N2O2S. The monoisotopic (exact) mass is 296 g/mol. The number of nitrogens with two attached hydrogens (primary N) is 1. The third-order valence-electron chi connectivity index (χ3n) is 4.00. The predicted molar refractivity (Wildman–Crippen MR) is 81.2 cm³/mol. The number of sulfonamides is 1. The van der Waals surface area contributed by atoms with Gasteiger partial charge in [0.15, 0.2) is 0 Å². The first kappa shape index (κ1) is 15.5.